The van der Waals surface area contributed by atoms with Crippen LogP contribution in [0.15, 0.2) is 29.4 Å². The van der Waals surface area contributed by atoms with Crippen LogP contribution < -0.4 is 14.8 Å². The van der Waals surface area contributed by atoms with Gasteiger partial charge in [0.25, 0.3) is 0 Å². The van der Waals surface area contributed by atoms with E-state index in [-0.39, 0.29) is 17.8 Å². The summed E-state index contributed by atoms with van der Waals surface area (Å²) in [5.41, 5.74) is 0. The Morgan fingerprint density at radius 2 is 2.19 bits per heavy atom. The molecule has 9 heteroatoms. The van der Waals surface area contributed by atoms with E-state index in [0.29, 0.717) is 36.5 Å². The zero-order chi connectivity index (χ0) is 18.4. The van der Waals surface area contributed by atoms with Gasteiger partial charge in [0, 0.05) is 27.3 Å². The van der Waals surface area contributed by atoms with Crippen molar-refractivity contribution in [1.82, 2.24) is 20.1 Å². The van der Waals surface area contributed by atoms with Gasteiger partial charge >= 0.3 is 0 Å². The lowest BCUT2D eigenvalue weighted by atomic mass is 10.2. The Bertz CT molecular complexity index is 752. The number of hydrogen-bond donors (Lipinski definition) is 1. The Balaban J connectivity index is 1.54. The first kappa shape index (κ1) is 18.5. The number of carbonyl (C=O) groups is 1. The molecule has 1 aromatic heterocycles. The minimum Gasteiger partial charge on any atom is -0.485 e. The first-order chi connectivity index (χ1) is 12.7. The highest BCUT2D eigenvalue weighted by atomic mass is 32.2. The number of fused-ring (bicyclic) bond motifs is 1. The van der Waals surface area contributed by atoms with Crippen LogP contribution in [0.2, 0.25) is 0 Å². The predicted octanol–water partition coefficient (Wildman–Crippen LogP) is 1.57. The highest BCUT2D eigenvalue weighted by Gasteiger charge is 2.27. The molecule has 0 radical (unpaired) electrons. The van der Waals surface area contributed by atoms with Crippen LogP contribution in [0.5, 0.6) is 11.5 Å². The zero-order valence-electron chi connectivity index (χ0n) is 14.8. The number of hydrogen-bond acceptors (Lipinski definition) is 7. The number of carbonyl (C=O) groups excluding carboxylic acids is 1. The second kappa shape index (κ2) is 8.91. The average molecular weight is 378 g/mol. The molecule has 8 nitrogen and oxygen atoms in total. The van der Waals surface area contributed by atoms with Crippen molar-refractivity contribution in [3.05, 3.63) is 30.1 Å². The first-order valence-corrected chi connectivity index (χ1v) is 9.34. The summed E-state index contributed by atoms with van der Waals surface area (Å²) in [4.78, 5) is 11.9. The van der Waals surface area contributed by atoms with Crippen molar-refractivity contribution in [3.63, 3.8) is 0 Å². The average Bonchev–Trinajstić information content (AvgIpc) is 3.03. The maximum Gasteiger partial charge on any atom is 0.230 e. The molecule has 3 rings (SSSR count). The van der Waals surface area contributed by atoms with Crippen LogP contribution in [0, 0.1) is 0 Å². The Labute approximate surface area is 156 Å². The van der Waals surface area contributed by atoms with Gasteiger partial charge in [0.1, 0.15) is 6.61 Å². The molecule has 1 aromatic carbocycles. The molecular weight excluding hydrogens is 356 g/mol. The number of amides is 1. The molecule has 1 atom stereocenters. The summed E-state index contributed by atoms with van der Waals surface area (Å²) >= 11 is 1.34. The molecule has 0 unspecified atom stereocenters. The van der Waals surface area contributed by atoms with Crippen LogP contribution in [-0.2, 0) is 16.6 Å². The Hall–Kier alpha value is -2.26. The van der Waals surface area contributed by atoms with Crippen molar-refractivity contribution in [1.29, 1.82) is 0 Å². The Morgan fingerprint density at radius 1 is 1.38 bits per heavy atom. The van der Waals surface area contributed by atoms with E-state index in [2.05, 4.69) is 15.5 Å². The van der Waals surface area contributed by atoms with Crippen LogP contribution in [-0.4, -0.2) is 53.3 Å². The fourth-order valence-corrected chi connectivity index (χ4v) is 3.25. The summed E-state index contributed by atoms with van der Waals surface area (Å²) in [5, 5.41) is 11.9. The molecule has 1 amide bonds. The fourth-order valence-electron chi connectivity index (χ4n) is 2.50. The van der Waals surface area contributed by atoms with Gasteiger partial charge in [-0.1, -0.05) is 23.9 Å². The van der Waals surface area contributed by atoms with Crippen LogP contribution in [0.3, 0.4) is 0 Å². The number of thioether (sulfide) groups is 1. The van der Waals surface area contributed by atoms with Gasteiger partial charge in [-0.25, -0.2) is 0 Å². The van der Waals surface area contributed by atoms with Gasteiger partial charge in [-0.05, 0) is 18.6 Å². The van der Waals surface area contributed by atoms with Crippen molar-refractivity contribution in [3.8, 4) is 11.5 Å². The molecule has 0 fully saturated rings. The van der Waals surface area contributed by atoms with Gasteiger partial charge in [0.05, 0.1) is 5.75 Å². The van der Waals surface area contributed by atoms with E-state index in [1.165, 1.54) is 11.8 Å². The number of methoxy groups -OCH3 is 1. The monoisotopic (exact) mass is 378 g/mol. The Morgan fingerprint density at radius 3 is 3.00 bits per heavy atom. The number of rotatable bonds is 8. The summed E-state index contributed by atoms with van der Waals surface area (Å²) in [6.07, 6.45) is 0.459. The van der Waals surface area contributed by atoms with Crippen LogP contribution >= 0.6 is 11.8 Å². The molecule has 140 valence electrons. The molecule has 1 N–H and O–H groups in total. The van der Waals surface area contributed by atoms with Crippen molar-refractivity contribution in [2.75, 3.05) is 32.6 Å². The fraction of sp³-hybridized carbons (Fsp3) is 0.471. The molecule has 2 aromatic rings. The lowest BCUT2D eigenvalue weighted by Crippen LogP contribution is -2.27. The molecule has 0 saturated heterocycles. The molecule has 2 heterocycles. The predicted molar refractivity (Wildman–Crippen MR) is 96.5 cm³/mol. The summed E-state index contributed by atoms with van der Waals surface area (Å²) < 4.78 is 18.5. The van der Waals surface area contributed by atoms with Gasteiger partial charge in [0.2, 0.25) is 5.91 Å². The second-order valence-electron chi connectivity index (χ2n) is 5.75. The highest BCUT2D eigenvalue weighted by Crippen LogP contribution is 2.35. The smallest absolute Gasteiger partial charge is 0.230 e. The molecule has 0 bridgehead atoms. The van der Waals surface area contributed by atoms with Crippen LogP contribution in [0.4, 0.5) is 0 Å². The lowest BCUT2D eigenvalue weighted by molar-refractivity contribution is -0.118. The number of nitrogens with one attached hydrogen (secondary N) is 1. The van der Waals surface area contributed by atoms with Gasteiger partial charge in [-0.3, -0.25) is 4.79 Å². The van der Waals surface area contributed by atoms with Crippen molar-refractivity contribution >= 4 is 17.7 Å². The van der Waals surface area contributed by atoms with Crippen molar-refractivity contribution in [2.45, 2.75) is 17.7 Å². The summed E-state index contributed by atoms with van der Waals surface area (Å²) in [7, 11) is 3.50. The molecule has 0 aliphatic carbocycles. The minimum atomic E-state index is -0.334. The van der Waals surface area contributed by atoms with E-state index in [4.69, 9.17) is 14.2 Å². The van der Waals surface area contributed by atoms with Gasteiger partial charge in [-0.2, -0.15) is 0 Å². The van der Waals surface area contributed by atoms with E-state index in [1.54, 1.807) is 7.11 Å². The van der Waals surface area contributed by atoms with Gasteiger partial charge in [0.15, 0.2) is 28.6 Å². The Kier molecular flexibility index (Phi) is 6.35. The van der Waals surface area contributed by atoms with Crippen molar-refractivity contribution in [2.24, 2.45) is 7.05 Å². The quantitative estimate of drug-likeness (QED) is 0.551. The maximum atomic E-state index is 11.9. The van der Waals surface area contributed by atoms with E-state index in [0.717, 1.165) is 12.2 Å². The first-order valence-electron chi connectivity index (χ1n) is 8.35. The molecule has 0 saturated carbocycles. The molecule has 1 aliphatic rings. The van der Waals surface area contributed by atoms with Crippen LogP contribution in [0.1, 0.15) is 18.3 Å². The molecule has 26 heavy (non-hydrogen) atoms. The number of nitrogens with zero attached hydrogens (tertiary/aromatic N) is 3. The molecule has 1 aliphatic heterocycles. The highest BCUT2D eigenvalue weighted by molar-refractivity contribution is 7.99. The van der Waals surface area contributed by atoms with Crippen LogP contribution in [0.25, 0.3) is 0 Å². The number of aromatic nitrogens is 3. The lowest BCUT2D eigenvalue weighted by Gasteiger charge is -2.25. The third-order valence-corrected chi connectivity index (χ3v) is 4.87. The van der Waals surface area contributed by atoms with Crippen molar-refractivity contribution < 1.29 is 19.0 Å². The summed E-state index contributed by atoms with van der Waals surface area (Å²) in [6.45, 7) is 1.60. The third-order valence-electron chi connectivity index (χ3n) is 3.84. The normalized spacial score (nSPS) is 15.7. The SMILES string of the molecule is COCCCNC(=O)CSc1nnc([C@H]2COc3ccccc3O2)n1C. The van der Waals surface area contributed by atoms with E-state index < -0.39 is 0 Å². The zero-order valence-corrected chi connectivity index (χ0v) is 15.6. The number of ether oxygens (including phenoxy) is 3. The summed E-state index contributed by atoms with van der Waals surface area (Å²) in [6, 6.07) is 7.53. The largest absolute Gasteiger partial charge is 0.485 e. The second-order valence-corrected chi connectivity index (χ2v) is 6.69. The van der Waals surface area contributed by atoms with E-state index in [1.807, 2.05) is 35.9 Å². The third kappa shape index (κ3) is 4.47. The maximum absolute atomic E-state index is 11.9. The number of benzene rings is 1. The van der Waals surface area contributed by atoms with E-state index >= 15 is 0 Å². The number of para-hydroxylation sites is 2. The van der Waals surface area contributed by atoms with E-state index in [9.17, 15) is 4.79 Å². The summed E-state index contributed by atoms with van der Waals surface area (Å²) in [5.74, 6) is 2.33. The molecular formula is C17H22N4O4S. The van der Waals surface area contributed by atoms with Gasteiger partial charge < -0.3 is 24.1 Å². The van der Waals surface area contributed by atoms with Gasteiger partial charge in [-0.15, -0.1) is 10.2 Å². The molecule has 0 spiro atoms. The standard InChI is InChI=1S/C17H22N4O4S/c1-21-16(14-10-24-12-6-3-4-7-13(12)25-14)19-20-17(21)26-11-15(22)18-8-5-9-23-2/h3-4,6-7,14H,5,8-11H2,1-2H3,(H,18,22)/t14-/m1/s1. The minimum absolute atomic E-state index is 0.0400. The topological polar surface area (TPSA) is 87.5 Å².